The first kappa shape index (κ1) is 17.6. The smallest absolute Gasteiger partial charge is 0.242 e. The summed E-state index contributed by atoms with van der Waals surface area (Å²) in [6.07, 6.45) is 2.81. The van der Waals surface area contributed by atoms with Gasteiger partial charge < -0.3 is 10.6 Å². The van der Waals surface area contributed by atoms with Gasteiger partial charge in [0.2, 0.25) is 10.0 Å². The molecule has 0 aliphatic rings. The SMILES string of the molecule is CN(C)C(C)(C)CNS(=O)(=O)c1cncc(C#CCN)c1. The average molecular weight is 310 g/mol. The second-order valence-electron chi connectivity index (χ2n) is 5.45. The van der Waals surface area contributed by atoms with Gasteiger partial charge in [-0.05, 0) is 34.0 Å². The molecule has 0 aliphatic heterocycles. The third kappa shape index (κ3) is 5.10. The molecule has 1 rings (SSSR count). The number of aromatic nitrogens is 1. The fourth-order valence-corrected chi connectivity index (χ4v) is 2.49. The number of hydrogen-bond acceptors (Lipinski definition) is 5. The van der Waals surface area contributed by atoms with Crippen LogP contribution in [-0.2, 0) is 10.0 Å². The van der Waals surface area contributed by atoms with E-state index < -0.39 is 10.0 Å². The Bertz CT molecular complexity index is 642. The van der Waals surface area contributed by atoms with E-state index in [4.69, 9.17) is 5.73 Å². The highest BCUT2D eigenvalue weighted by Gasteiger charge is 2.24. The summed E-state index contributed by atoms with van der Waals surface area (Å²) in [6, 6.07) is 1.49. The Morgan fingerprint density at radius 3 is 2.62 bits per heavy atom. The van der Waals surface area contributed by atoms with E-state index in [9.17, 15) is 8.42 Å². The van der Waals surface area contributed by atoms with Gasteiger partial charge in [-0.25, -0.2) is 13.1 Å². The van der Waals surface area contributed by atoms with Crippen molar-refractivity contribution in [3.05, 3.63) is 24.0 Å². The van der Waals surface area contributed by atoms with E-state index in [0.717, 1.165) is 0 Å². The molecule has 0 aliphatic carbocycles. The standard InChI is InChI=1S/C14H22N4O2S/c1-14(2,18(3)4)11-17-21(19,20)13-8-12(6-5-7-15)9-16-10-13/h8-10,17H,7,11,15H2,1-4H3. The molecule has 1 aromatic rings. The first-order valence-electron chi connectivity index (χ1n) is 6.50. The summed E-state index contributed by atoms with van der Waals surface area (Å²) in [4.78, 5) is 5.96. The summed E-state index contributed by atoms with van der Waals surface area (Å²) in [5, 5.41) is 0. The Morgan fingerprint density at radius 1 is 1.38 bits per heavy atom. The summed E-state index contributed by atoms with van der Waals surface area (Å²) >= 11 is 0. The minimum atomic E-state index is -3.61. The highest BCUT2D eigenvalue weighted by atomic mass is 32.2. The third-order valence-electron chi connectivity index (χ3n) is 3.26. The molecule has 0 saturated heterocycles. The van der Waals surface area contributed by atoms with Crippen LogP contribution in [0.4, 0.5) is 0 Å². The Balaban J connectivity index is 2.93. The number of likely N-dealkylation sites (N-methyl/N-ethyl adjacent to an activating group) is 1. The van der Waals surface area contributed by atoms with Gasteiger partial charge >= 0.3 is 0 Å². The lowest BCUT2D eigenvalue weighted by Gasteiger charge is -2.32. The van der Waals surface area contributed by atoms with Gasteiger partial charge in [0, 0.05) is 30.0 Å². The zero-order valence-corrected chi connectivity index (χ0v) is 13.7. The van der Waals surface area contributed by atoms with Gasteiger partial charge in [0.25, 0.3) is 0 Å². The van der Waals surface area contributed by atoms with Crippen LogP contribution in [-0.4, -0.2) is 51.0 Å². The lowest BCUT2D eigenvalue weighted by Crippen LogP contribution is -2.48. The predicted octanol–water partition coefficient (Wildman–Crippen LogP) is 0.0103. The molecule has 7 heteroatoms. The first-order valence-corrected chi connectivity index (χ1v) is 7.98. The van der Waals surface area contributed by atoms with E-state index in [-0.39, 0.29) is 17.0 Å². The summed E-state index contributed by atoms with van der Waals surface area (Å²) in [5.74, 6) is 5.44. The molecule has 0 unspecified atom stereocenters. The van der Waals surface area contributed by atoms with E-state index in [1.165, 1.54) is 18.5 Å². The quantitative estimate of drug-likeness (QED) is 0.748. The van der Waals surface area contributed by atoms with Crippen LogP contribution in [0.3, 0.4) is 0 Å². The van der Waals surface area contributed by atoms with Crippen LogP contribution in [0.1, 0.15) is 19.4 Å². The van der Waals surface area contributed by atoms with Crippen molar-refractivity contribution < 1.29 is 8.42 Å². The van der Waals surface area contributed by atoms with Gasteiger partial charge in [-0.1, -0.05) is 11.8 Å². The van der Waals surface area contributed by atoms with E-state index in [2.05, 4.69) is 21.5 Å². The van der Waals surface area contributed by atoms with E-state index >= 15 is 0 Å². The second-order valence-corrected chi connectivity index (χ2v) is 7.21. The van der Waals surface area contributed by atoms with Crippen LogP contribution in [0.25, 0.3) is 0 Å². The fraction of sp³-hybridized carbons (Fsp3) is 0.500. The van der Waals surface area contributed by atoms with E-state index in [1.807, 2.05) is 32.8 Å². The van der Waals surface area contributed by atoms with Gasteiger partial charge in [0.15, 0.2) is 0 Å². The molecule has 0 amide bonds. The van der Waals surface area contributed by atoms with Crippen LogP contribution in [0.2, 0.25) is 0 Å². The predicted molar refractivity (Wildman–Crippen MR) is 83.1 cm³/mol. The van der Waals surface area contributed by atoms with Crippen molar-refractivity contribution in [2.75, 3.05) is 27.2 Å². The Labute approximate surface area is 126 Å². The van der Waals surface area contributed by atoms with Crippen LogP contribution < -0.4 is 10.5 Å². The summed E-state index contributed by atoms with van der Waals surface area (Å²) in [7, 11) is 0.191. The highest BCUT2D eigenvalue weighted by Crippen LogP contribution is 2.12. The number of pyridine rings is 1. The molecule has 0 aromatic carbocycles. The summed E-state index contributed by atoms with van der Waals surface area (Å²) in [6.45, 7) is 4.42. The van der Waals surface area contributed by atoms with Crippen molar-refractivity contribution in [3.63, 3.8) is 0 Å². The van der Waals surface area contributed by atoms with Gasteiger partial charge in [0.05, 0.1) is 6.54 Å². The molecule has 0 fully saturated rings. The number of nitrogens with one attached hydrogen (secondary N) is 1. The summed E-state index contributed by atoms with van der Waals surface area (Å²) in [5.41, 5.74) is 5.52. The molecule has 6 nitrogen and oxygen atoms in total. The zero-order chi connectivity index (χ0) is 16.1. The van der Waals surface area contributed by atoms with Crippen molar-refractivity contribution >= 4 is 10.0 Å². The second kappa shape index (κ2) is 7.00. The van der Waals surface area contributed by atoms with Crippen LogP contribution in [0.15, 0.2) is 23.4 Å². The maximum atomic E-state index is 12.3. The van der Waals surface area contributed by atoms with Crippen molar-refractivity contribution in [2.24, 2.45) is 5.73 Å². The molecular weight excluding hydrogens is 288 g/mol. The molecule has 21 heavy (non-hydrogen) atoms. The lowest BCUT2D eigenvalue weighted by molar-refractivity contribution is 0.199. The van der Waals surface area contributed by atoms with Crippen LogP contribution >= 0.6 is 0 Å². The van der Waals surface area contributed by atoms with E-state index in [0.29, 0.717) is 12.1 Å². The molecule has 0 saturated carbocycles. The van der Waals surface area contributed by atoms with Gasteiger partial charge in [-0.15, -0.1) is 0 Å². The molecular formula is C14H22N4O2S. The van der Waals surface area contributed by atoms with Crippen LogP contribution in [0.5, 0.6) is 0 Å². The van der Waals surface area contributed by atoms with Crippen molar-refractivity contribution in [1.82, 2.24) is 14.6 Å². The number of sulfonamides is 1. The Morgan fingerprint density at radius 2 is 2.05 bits per heavy atom. The number of nitrogens with zero attached hydrogens (tertiary/aromatic N) is 2. The number of rotatable bonds is 5. The Hall–Kier alpha value is -1.46. The molecule has 0 radical (unpaired) electrons. The van der Waals surface area contributed by atoms with Crippen LogP contribution in [0, 0.1) is 11.8 Å². The van der Waals surface area contributed by atoms with E-state index in [1.54, 1.807) is 0 Å². The first-order chi connectivity index (χ1) is 9.69. The maximum absolute atomic E-state index is 12.3. The van der Waals surface area contributed by atoms with Gasteiger partial charge in [-0.2, -0.15) is 0 Å². The normalized spacial score (nSPS) is 12.1. The molecule has 0 bridgehead atoms. The molecule has 0 atom stereocenters. The maximum Gasteiger partial charge on any atom is 0.242 e. The molecule has 1 heterocycles. The number of nitrogens with two attached hydrogens (primary N) is 1. The zero-order valence-electron chi connectivity index (χ0n) is 12.8. The monoisotopic (exact) mass is 310 g/mol. The third-order valence-corrected chi connectivity index (χ3v) is 4.63. The molecule has 3 N–H and O–H groups in total. The number of hydrogen-bond donors (Lipinski definition) is 2. The Kier molecular flexibility index (Phi) is 5.87. The topological polar surface area (TPSA) is 88.3 Å². The van der Waals surface area contributed by atoms with Crippen molar-refractivity contribution in [2.45, 2.75) is 24.3 Å². The lowest BCUT2D eigenvalue weighted by atomic mass is 10.1. The van der Waals surface area contributed by atoms with Gasteiger partial charge in [-0.3, -0.25) is 4.98 Å². The molecule has 116 valence electrons. The minimum Gasteiger partial charge on any atom is -0.320 e. The molecule has 0 spiro atoms. The minimum absolute atomic E-state index is 0.0980. The molecule has 1 aromatic heterocycles. The van der Waals surface area contributed by atoms with Gasteiger partial charge in [0.1, 0.15) is 4.90 Å². The largest absolute Gasteiger partial charge is 0.320 e. The highest BCUT2D eigenvalue weighted by molar-refractivity contribution is 7.89. The van der Waals surface area contributed by atoms with Crippen molar-refractivity contribution in [1.29, 1.82) is 0 Å². The average Bonchev–Trinajstić information content (AvgIpc) is 2.43. The fourth-order valence-electron chi connectivity index (χ4n) is 1.30. The summed E-state index contributed by atoms with van der Waals surface area (Å²) < 4.78 is 27.2. The van der Waals surface area contributed by atoms with Crippen molar-refractivity contribution in [3.8, 4) is 11.8 Å².